The number of thiophene rings is 1. The largest absolute Gasteiger partial charge is 0.496 e. The van der Waals surface area contributed by atoms with E-state index in [2.05, 4.69) is 0 Å². The number of rotatable bonds is 4. The third-order valence-electron chi connectivity index (χ3n) is 4.64. The molecule has 0 aromatic carbocycles. The molecule has 1 amide bonds. The summed E-state index contributed by atoms with van der Waals surface area (Å²) in [4.78, 5) is 24.8. The van der Waals surface area contributed by atoms with Crippen LogP contribution in [0.1, 0.15) is 35.0 Å². The SMILES string of the molecule is COC1=CCC2C(=C1Cl)C(CC(=O)O)=C(C)N2C(=O)c1csc(C(F)(F)F)c1. The Hall–Kier alpha value is -2.26. The number of alkyl halides is 3. The first-order chi connectivity index (χ1) is 13.1. The first kappa shape index (κ1) is 20.5. The Morgan fingerprint density at radius 2 is 2.11 bits per heavy atom. The second-order valence-electron chi connectivity index (χ2n) is 6.26. The number of methoxy groups -OCH3 is 1. The fourth-order valence-corrected chi connectivity index (χ4v) is 4.57. The number of nitrogens with zero attached hydrogens (tertiary/aromatic N) is 1. The molecule has 5 nitrogen and oxygen atoms in total. The summed E-state index contributed by atoms with van der Waals surface area (Å²) < 4.78 is 43.9. The molecule has 3 rings (SSSR count). The summed E-state index contributed by atoms with van der Waals surface area (Å²) in [7, 11) is 1.42. The molecule has 0 spiro atoms. The lowest BCUT2D eigenvalue weighted by atomic mass is 9.92. The number of allylic oxidation sites excluding steroid dienone is 2. The molecule has 1 aromatic rings. The number of aliphatic carboxylic acids is 1. The number of amides is 1. The minimum Gasteiger partial charge on any atom is -0.496 e. The molecule has 0 saturated carbocycles. The maximum atomic E-state index is 13.0. The van der Waals surface area contributed by atoms with Crippen LogP contribution in [0.5, 0.6) is 0 Å². The molecule has 2 aliphatic rings. The number of fused-ring (bicyclic) bond motifs is 1. The van der Waals surface area contributed by atoms with Crippen molar-refractivity contribution in [1.82, 2.24) is 4.90 Å². The van der Waals surface area contributed by atoms with Crippen LogP contribution in [0, 0.1) is 0 Å². The Morgan fingerprint density at radius 3 is 2.64 bits per heavy atom. The average Bonchev–Trinajstić information content (AvgIpc) is 3.19. The van der Waals surface area contributed by atoms with E-state index in [9.17, 15) is 27.9 Å². The van der Waals surface area contributed by atoms with Crippen molar-refractivity contribution in [2.75, 3.05) is 7.11 Å². The van der Waals surface area contributed by atoms with E-state index in [0.717, 1.165) is 11.4 Å². The van der Waals surface area contributed by atoms with Crippen LogP contribution in [-0.4, -0.2) is 35.0 Å². The normalized spacial score (nSPS) is 19.7. The molecule has 0 saturated heterocycles. The lowest BCUT2D eigenvalue weighted by Crippen LogP contribution is -2.36. The van der Waals surface area contributed by atoms with Crippen LogP contribution >= 0.6 is 22.9 Å². The highest BCUT2D eigenvalue weighted by Gasteiger charge is 2.43. The number of hydrogen-bond donors (Lipinski definition) is 1. The first-order valence-electron chi connectivity index (χ1n) is 8.11. The van der Waals surface area contributed by atoms with Crippen molar-refractivity contribution in [3.8, 4) is 0 Å². The Labute approximate surface area is 167 Å². The van der Waals surface area contributed by atoms with E-state index in [1.807, 2.05) is 0 Å². The highest BCUT2D eigenvalue weighted by molar-refractivity contribution is 7.10. The first-order valence-corrected chi connectivity index (χ1v) is 9.37. The van der Waals surface area contributed by atoms with E-state index in [0.29, 0.717) is 40.4 Å². The zero-order valence-corrected chi connectivity index (χ0v) is 16.3. The fourth-order valence-electron chi connectivity index (χ4n) is 3.42. The van der Waals surface area contributed by atoms with E-state index in [1.54, 1.807) is 13.0 Å². The zero-order chi connectivity index (χ0) is 20.8. The minimum absolute atomic E-state index is 0.106. The molecule has 1 N–H and O–H groups in total. The van der Waals surface area contributed by atoms with E-state index < -0.39 is 29.0 Å². The van der Waals surface area contributed by atoms with Gasteiger partial charge in [-0.05, 0) is 31.1 Å². The van der Waals surface area contributed by atoms with Crippen LogP contribution in [0.3, 0.4) is 0 Å². The van der Waals surface area contributed by atoms with Gasteiger partial charge >= 0.3 is 12.1 Å². The minimum atomic E-state index is -4.54. The molecule has 150 valence electrons. The van der Waals surface area contributed by atoms with Gasteiger partial charge in [0.25, 0.3) is 5.91 Å². The average molecular weight is 434 g/mol. The molecule has 10 heteroatoms. The molecule has 2 heterocycles. The van der Waals surface area contributed by atoms with Crippen molar-refractivity contribution < 1.29 is 32.6 Å². The van der Waals surface area contributed by atoms with E-state index >= 15 is 0 Å². The van der Waals surface area contributed by atoms with E-state index in [4.69, 9.17) is 16.3 Å². The number of halogens is 4. The maximum Gasteiger partial charge on any atom is 0.425 e. The number of carbonyl (C=O) groups is 2. The standard InChI is InChI=1S/C18H15ClF3NO4S/c1-8-10(6-14(24)25)15-11(3-4-12(27-2)16(15)19)23(8)17(26)9-5-13(28-7-9)18(20,21)22/h4-5,7,11H,3,6H2,1-2H3,(H,24,25). The summed E-state index contributed by atoms with van der Waals surface area (Å²) in [6.07, 6.45) is -2.94. The summed E-state index contributed by atoms with van der Waals surface area (Å²) in [6, 6.07) is 0.210. The van der Waals surface area contributed by atoms with Gasteiger partial charge in [0.15, 0.2) is 0 Å². The summed E-state index contributed by atoms with van der Waals surface area (Å²) >= 11 is 6.82. The molecule has 1 aromatic heterocycles. The molecule has 0 bridgehead atoms. The smallest absolute Gasteiger partial charge is 0.425 e. The van der Waals surface area contributed by atoms with E-state index in [1.165, 1.54) is 12.0 Å². The van der Waals surface area contributed by atoms with Gasteiger partial charge in [-0.1, -0.05) is 11.6 Å². The Balaban J connectivity index is 2.05. The summed E-state index contributed by atoms with van der Waals surface area (Å²) in [6.45, 7) is 1.56. The second-order valence-corrected chi connectivity index (χ2v) is 7.55. The Bertz CT molecular complexity index is 945. The number of carbonyl (C=O) groups excluding carboxylic acids is 1. The monoisotopic (exact) mass is 433 g/mol. The molecular formula is C18H15ClF3NO4S. The van der Waals surface area contributed by atoms with Crippen LogP contribution in [0.25, 0.3) is 0 Å². The van der Waals surface area contributed by atoms with Gasteiger partial charge in [-0.25, -0.2) is 0 Å². The molecule has 1 unspecified atom stereocenters. The highest BCUT2D eigenvalue weighted by Crippen LogP contribution is 2.45. The summed E-state index contributed by atoms with van der Waals surface area (Å²) in [5.41, 5.74) is 1.08. The van der Waals surface area contributed by atoms with Crippen molar-refractivity contribution in [3.05, 3.63) is 55.6 Å². The third-order valence-corrected chi connectivity index (χ3v) is 6.00. The molecule has 28 heavy (non-hydrogen) atoms. The third kappa shape index (κ3) is 3.44. The van der Waals surface area contributed by atoms with Crippen molar-refractivity contribution in [1.29, 1.82) is 0 Å². The van der Waals surface area contributed by atoms with Crippen LogP contribution < -0.4 is 0 Å². The van der Waals surface area contributed by atoms with Crippen molar-refractivity contribution >= 4 is 34.8 Å². The maximum absolute atomic E-state index is 13.0. The van der Waals surface area contributed by atoms with Crippen LogP contribution in [-0.2, 0) is 15.7 Å². The van der Waals surface area contributed by atoms with Gasteiger partial charge in [0.1, 0.15) is 10.6 Å². The molecule has 0 radical (unpaired) electrons. The van der Waals surface area contributed by atoms with Crippen LogP contribution in [0.15, 0.2) is 45.2 Å². The number of carboxylic acids is 1. The second kappa shape index (κ2) is 7.29. The molecule has 1 aliphatic carbocycles. The van der Waals surface area contributed by atoms with Gasteiger partial charge in [0.05, 0.1) is 30.2 Å². The highest BCUT2D eigenvalue weighted by atomic mass is 35.5. The lowest BCUT2D eigenvalue weighted by Gasteiger charge is -2.29. The van der Waals surface area contributed by atoms with Crippen molar-refractivity contribution in [2.24, 2.45) is 0 Å². The number of carboxylic acid groups (broad SMARTS) is 1. The predicted molar refractivity (Wildman–Crippen MR) is 96.8 cm³/mol. The van der Waals surface area contributed by atoms with Gasteiger partial charge in [-0.15, -0.1) is 11.3 Å². The van der Waals surface area contributed by atoms with Gasteiger partial charge < -0.3 is 14.7 Å². The van der Waals surface area contributed by atoms with Gasteiger partial charge in [-0.3, -0.25) is 9.59 Å². The molecular weight excluding hydrogens is 419 g/mol. The fraction of sp³-hybridized carbons (Fsp3) is 0.333. The Kier molecular flexibility index (Phi) is 5.33. The van der Waals surface area contributed by atoms with Gasteiger partial charge in [-0.2, -0.15) is 13.2 Å². The van der Waals surface area contributed by atoms with Crippen molar-refractivity contribution in [2.45, 2.75) is 32.0 Å². The van der Waals surface area contributed by atoms with E-state index in [-0.39, 0.29) is 17.0 Å². The predicted octanol–water partition coefficient (Wildman–Crippen LogP) is 4.77. The van der Waals surface area contributed by atoms with Gasteiger partial charge in [0, 0.05) is 16.7 Å². The molecule has 1 atom stereocenters. The topological polar surface area (TPSA) is 66.8 Å². The zero-order valence-electron chi connectivity index (χ0n) is 14.8. The van der Waals surface area contributed by atoms with Gasteiger partial charge in [0.2, 0.25) is 0 Å². The molecule has 0 fully saturated rings. The Morgan fingerprint density at radius 1 is 1.43 bits per heavy atom. The number of ether oxygens (including phenoxy) is 1. The van der Waals surface area contributed by atoms with Crippen molar-refractivity contribution in [3.63, 3.8) is 0 Å². The summed E-state index contributed by atoms with van der Waals surface area (Å²) in [5.74, 6) is -1.37. The quantitative estimate of drug-likeness (QED) is 0.743. The van der Waals surface area contributed by atoms with Crippen LogP contribution in [0.4, 0.5) is 13.2 Å². The van der Waals surface area contributed by atoms with Crippen LogP contribution in [0.2, 0.25) is 0 Å². The summed E-state index contributed by atoms with van der Waals surface area (Å²) in [5, 5.41) is 10.6. The number of hydrogen-bond acceptors (Lipinski definition) is 4. The molecule has 1 aliphatic heterocycles. The lowest BCUT2D eigenvalue weighted by molar-refractivity contribution is -0.136.